The van der Waals surface area contributed by atoms with E-state index in [2.05, 4.69) is 133 Å². The lowest BCUT2D eigenvalue weighted by Crippen LogP contribution is -2.02. The van der Waals surface area contributed by atoms with E-state index in [-0.39, 0.29) is 0 Å². The molecule has 39 heavy (non-hydrogen) atoms. The first kappa shape index (κ1) is 21.3. The third kappa shape index (κ3) is 3.00. The van der Waals surface area contributed by atoms with Crippen molar-refractivity contribution in [2.75, 3.05) is 0 Å². The van der Waals surface area contributed by atoms with Crippen molar-refractivity contribution in [1.29, 1.82) is 0 Å². The van der Waals surface area contributed by atoms with Crippen LogP contribution in [0.1, 0.15) is 29.4 Å². The number of hydrogen-bond acceptors (Lipinski definition) is 0. The Labute approximate surface area is 228 Å². The predicted octanol–water partition coefficient (Wildman–Crippen LogP) is 10.7. The van der Waals surface area contributed by atoms with Gasteiger partial charge in [-0.05, 0) is 101 Å². The van der Waals surface area contributed by atoms with Crippen molar-refractivity contribution in [2.24, 2.45) is 0 Å². The SMILES string of the molecule is c1ccc2c(c1)-c1c(-c3c4ccccc4c(-c4ccc5ccccc5c4)c4ccccc34)cccc1C1CC21. The quantitative estimate of drug-likeness (QED) is 0.210. The summed E-state index contributed by atoms with van der Waals surface area (Å²) in [4.78, 5) is 0. The molecule has 1 fully saturated rings. The lowest BCUT2D eigenvalue weighted by atomic mass is 9.78. The highest BCUT2D eigenvalue weighted by Gasteiger charge is 2.46. The highest BCUT2D eigenvalue weighted by atomic mass is 14.5. The summed E-state index contributed by atoms with van der Waals surface area (Å²) in [6, 6.07) is 49.8. The Morgan fingerprint density at radius 3 is 1.72 bits per heavy atom. The van der Waals surface area contributed by atoms with Gasteiger partial charge in [0.1, 0.15) is 0 Å². The molecule has 7 aromatic rings. The standard InChI is InChI=1S/C39H26/c1-2-11-25-22-26(21-20-24(25)10-1)37-29-14-5-7-16-31(29)39(32-17-8-6-15-30(32)37)34-19-9-18-33-36-23-35(36)27-12-3-4-13-28(27)38(33)34/h1-22,35-36H,23H2. The van der Waals surface area contributed by atoms with E-state index in [9.17, 15) is 0 Å². The van der Waals surface area contributed by atoms with Crippen molar-refractivity contribution < 1.29 is 0 Å². The molecule has 2 atom stereocenters. The fourth-order valence-corrected chi connectivity index (χ4v) is 7.39. The van der Waals surface area contributed by atoms with Crippen LogP contribution in [-0.4, -0.2) is 0 Å². The molecule has 0 aromatic heterocycles. The summed E-state index contributed by atoms with van der Waals surface area (Å²) in [7, 11) is 0. The van der Waals surface area contributed by atoms with Crippen LogP contribution in [0, 0.1) is 0 Å². The van der Waals surface area contributed by atoms with Gasteiger partial charge in [-0.1, -0.05) is 127 Å². The van der Waals surface area contributed by atoms with E-state index in [1.807, 2.05) is 0 Å². The number of rotatable bonds is 2. The van der Waals surface area contributed by atoms with E-state index in [0.29, 0.717) is 11.8 Å². The summed E-state index contributed by atoms with van der Waals surface area (Å²) in [6.07, 6.45) is 1.27. The van der Waals surface area contributed by atoms with Crippen molar-refractivity contribution >= 4 is 32.3 Å². The van der Waals surface area contributed by atoms with E-state index in [0.717, 1.165) is 0 Å². The summed E-state index contributed by atoms with van der Waals surface area (Å²) < 4.78 is 0. The first-order valence-corrected chi connectivity index (χ1v) is 14.0. The van der Waals surface area contributed by atoms with E-state index in [4.69, 9.17) is 0 Å². The van der Waals surface area contributed by atoms with Gasteiger partial charge >= 0.3 is 0 Å². The Bertz CT molecular complexity index is 2050. The van der Waals surface area contributed by atoms with Crippen molar-refractivity contribution in [1.82, 2.24) is 0 Å². The summed E-state index contributed by atoms with van der Waals surface area (Å²) in [5.74, 6) is 1.34. The van der Waals surface area contributed by atoms with E-state index in [1.165, 1.54) is 83.2 Å². The minimum absolute atomic E-state index is 0.657. The molecule has 182 valence electrons. The summed E-state index contributed by atoms with van der Waals surface area (Å²) in [5, 5.41) is 7.82. The van der Waals surface area contributed by atoms with E-state index < -0.39 is 0 Å². The molecule has 9 rings (SSSR count). The Kier molecular flexibility index (Phi) is 4.32. The topological polar surface area (TPSA) is 0 Å². The third-order valence-corrected chi connectivity index (χ3v) is 9.16. The van der Waals surface area contributed by atoms with Crippen LogP contribution < -0.4 is 0 Å². The highest BCUT2D eigenvalue weighted by Crippen LogP contribution is 2.63. The number of fused-ring (bicyclic) bond motifs is 9. The Morgan fingerprint density at radius 1 is 0.385 bits per heavy atom. The maximum absolute atomic E-state index is 2.38. The van der Waals surface area contributed by atoms with Crippen LogP contribution in [0.25, 0.3) is 65.7 Å². The minimum atomic E-state index is 0.657. The predicted molar refractivity (Wildman–Crippen MR) is 165 cm³/mol. The van der Waals surface area contributed by atoms with Crippen LogP contribution in [-0.2, 0) is 0 Å². The lowest BCUT2D eigenvalue weighted by Gasteiger charge is -2.25. The zero-order valence-electron chi connectivity index (χ0n) is 21.6. The molecule has 0 nitrogen and oxygen atoms in total. The zero-order valence-corrected chi connectivity index (χ0v) is 21.6. The molecule has 0 saturated heterocycles. The van der Waals surface area contributed by atoms with Gasteiger partial charge in [-0.15, -0.1) is 0 Å². The van der Waals surface area contributed by atoms with Gasteiger partial charge in [-0.2, -0.15) is 0 Å². The van der Waals surface area contributed by atoms with Gasteiger partial charge in [-0.3, -0.25) is 0 Å². The fourth-order valence-electron chi connectivity index (χ4n) is 7.39. The average molecular weight is 495 g/mol. The van der Waals surface area contributed by atoms with Gasteiger partial charge in [0.05, 0.1) is 0 Å². The zero-order chi connectivity index (χ0) is 25.5. The molecule has 0 amide bonds. The fraction of sp³-hybridized carbons (Fsp3) is 0.0769. The van der Waals surface area contributed by atoms with Crippen molar-refractivity contribution in [2.45, 2.75) is 18.3 Å². The summed E-state index contributed by atoms with van der Waals surface area (Å²) >= 11 is 0. The second-order valence-electron chi connectivity index (χ2n) is 11.2. The Morgan fingerprint density at radius 2 is 0.949 bits per heavy atom. The minimum Gasteiger partial charge on any atom is -0.0619 e. The number of hydrogen-bond donors (Lipinski definition) is 0. The molecular formula is C39H26. The molecule has 0 aliphatic heterocycles. The molecule has 7 aromatic carbocycles. The molecule has 2 unspecified atom stereocenters. The van der Waals surface area contributed by atoms with E-state index >= 15 is 0 Å². The van der Waals surface area contributed by atoms with Crippen LogP contribution in [0.4, 0.5) is 0 Å². The molecule has 0 heteroatoms. The normalized spacial score (nSPS) is 17.1. The first-order valence-electron chi connectivity index (χ1n) is 14.0. The van der Waals surface area contributed by atoms with Crippen molar-refractivity contribution in [3.8, 4) is 33.4 Å². The van der Waals surface area contributed by atoms with Gasteiger partial charge in [0.15, 0.2) is 0 Å². The maximum atomic E-state index is 2.38. The summed E-state index contributed by atoms with van der Waals surface area (Å²) in [6.45, 7) is 0. The molecule has 2 aliphatic carbocycles. The molecule has 0 heterocycles. The van der Waals surface area contributed by atoms with Crippen LogP contribution >= 0.6 is 0 Å². The van der Waals surface area contributed by atoms with Gasteiger partial charge in [-0.25, -0.2) is 0 Å². The second kappa shape index (κ2) is 7.91. The average Bonchev–Trinajstić information content (AvgIpc) is 3.81. The molecule has 0 bridgehead atoms. The second-order valence-corrected chi connectivity index (χ2v) is 11.2. The first-order chi connectivity index (χ1) is 19.4. The van der Waals surface area contributed by atoms with Crippen molar-refractivity contribution in [3.05, 3.63) is 145 Å². The van der Waals surface area contributed by atoms with Crippen LogP contribution in [0.5, 0.6) is 0 Å². The highest BCUT2D eigenvalue weighted by molar-refractivity contribution is 6.23. The van der Waals surface area contributed by atoms with Crippen LogP contribution in [0.3, 0.4) is 0 Å². The lowest BCUT2D eigenvalue weighted by molar-refractivity contribution is 1.01. The van der Waals surface area contributed by atoms with Crippen LogP contribution in [0.2, 0.25) is 0 Å². The maximum Gasteiger partial charge on any atom is -0.00200 e. The Balaban J connectivity index is 1.41. The smallest absolute Gasteiger partial charge is 0.00200 e. The largest absolute Gasteiger partial charge is 0.0619 e. The van der Waals surface area contributed by atoms with Gasteiger partial charge < -0.3 is 0 Å². The van der Waals surface area contributed by atoms with Crippen LogP contribution in [0.15, 0.2) is 133 Å². The number of benzene rings is 7. The molecule has 0 spiro atoms. The molecular weight excluding hydrogens is 468 g/mol. The molecule has 1 saturated carbocycles. The van der Waals surface area contributed by atoms with Gasteiger partial charge in [0.2, 0.25) is 0 Å². The Hall–Kier alpha value is -4.68. The summed E-state index contributed by atoms with van der Waals surface area (Å²) in [5.41, 5.74) is 11.2. The molecule has 2 aliphatic rings. The molecule has 0 N–H and O–H groups in total. The van der Waals surface area contributed by atoms with E-state index in [1.54, 1.807) is 0 Å². The van der Waals surface area contributed by atoms with Crippen molar-refractivity contribution in [3.63, 3.8) is 0 Å². The van der Waals surface area contributed by atoms with Gasteiger partial charge in [0, 0.05) is 0 Å². The van der Waals surface area contributed by atoms with Gasteiger partial charge in [0.25, 0.3) is 0 Å². The third-order valence-electron chi connectivity index (χ3n) is 9.16. The molecule has 0 radical (unpaired) electrons. The monoisotopic (exact) mass is 494 g/mol.